The zero-order valence-corrected chi connectivity index (χ0v) is 16.3. The summed E-state index contributed by atoms with van der Waals surface area (Å²) in [5.74, 6) is 0.113. The van der Waals surface area contributed by atoms with Crippen LogP contribution >= 0.6 is 0 Å². The molecule has 0 unspecified atom stereocenters. The first-order chi connectivity index (χ1) is 12.0. The topological polar surface area (TPSA) is 38.3 Å². The van der Waals surface area contributed by atoms with Gasteiger partial charge in [0.05, 0.1) is 11.6 Å². The molecule has 1 heterocycles. The van der Waals surface area contributed by atoms with Crippen molar-refractivity contribution in [2.75, 3.05) is 7.11 Å². The first-order valence-electron chi connectivity index (χ1n) is 9.65. The highest BCUT2D eigenvalue weighted by Crippen LogP contribution is 2.44. The van der Waals surface area contributed by atoms with Crippen molar-refractivity contribution in [3.63, 3.8) is 0 Å². The lowest BCUT2D eigenvalue weighted by atomic mass is 9.75. The molecule has 1 aromatic carbocycles. The van der Waals surface area contributed by atoms with Gasteiger partial charge in [-0.1, -0.05) is 31.5 Å². The number of nitrogens with one attached hydrogen (secondary N) is 1. The minimum Gasteiger partial charge on any atom is -0.381 e. The molecule has 0 bridgehead atoms. The van der Waals surface area contributed by atoms with Crippen LogP contribution in [0.1, 0.15) is 68.7 Å². The van der Waals surface area contributed by atoms with Crippen LogP contribution in [0, 0.1) is 6.92 Å². The Labute approximate surface area is 151 Å². The maximum absolute atomic E-state index is 13.0. The van der Waals surface area contributed by atoms with Crippen LogP contribution in [0.25, 0.3) is 5.57 Å². The molecule has 3 rings (SSSR count). The van der Waals surface area contributed by atoms with Crippen molar-refractivity contribution in [2.24, 2.45) is 0 Å². The molecule has 2 aliphatic rings. The third-order valence-corrected chi connectivity index (χ3v) is 6.25. The van der Waals surface area contributed by atoms with E-state index in [2.05, 4.69) is 45.1 Å². The number of methoxy groups -OCH3 is 1. The van der Waals surface area contributed by atoms with Gasteiger partial charge in [0.2, 0.25) is 0 Å². The van der Waals surface area contributed by atoms with Crippen molar-refractivity contribution >= 4 is 11.5 Å². The van der Waals surface area contributed by atoms with Gasteiger partial charge >= 0.3 is 0 Å². The summed E-state index contributed by atoms with van der Waals surface area (Å²) in [4.78, 5) is 13.0. The molecule has 1 aromatic rings. The minimum absolute atomic E-state index is 0.113. The molecule has 1 saturated carbocycles. The van der Waals surface area contributed by atoms with E-state index in [1.165, 1.54) is 27.8 Å². The lowest BCUT2D eigenvalue weighted by Crippen LogP contribution is -2.47. The number of hydrogen-bond acceptors (Lipinski definition) is 2. The van der Waals surface area contributed by atoms with Crippen molar-refractivity contribution in [3.05, 3.63) is 40.0 Å². The monoisotopic (exact) mass is 341 g/mol. The van der Waals surface area contributed by atoms with E-state index in [1.54, 1.807) is 7.11 Å². The molecule has 1 aliphatic heterocycles. The molecule has 0 aromatic heterocycles. The van der Waals surface area contributed by atoms with Gasteiger partial charge in [-0.3, -0.25) is 4.79 Å². The van der Waals surface area contributed by atoms with E-state index >= 15 is 0 Å². The fourth-order valence-electron chi connectivity index (χ4n) is 4.72. The fraction of sp³-hybridized carbons (Fsp3) is 0.591. The maximum atomic E-state index is 13.0. The molecule has 1 spiro atoms. The summed E-state index contributed by atoms with van der Waals surface area (Å²) in [6, 6.07) is 4.49. The van der Waals surface area contributed by atoms with Gasteiger partial charge in [0, 0.05) is 12.7 Å². The highest BCUT2D eigenvalue weighted by molar-refractivity contribution is 6.24. The third kappa shape index (κ3) is 3.03. The summed E-state index contributed by atoms with van der Waals surface area (Å²) >= 11 is 0. The van der Waals surface area contributed by atoms with E-state index < -0.39 is 0 Å². The molecule has 0 radical (unpaired) electrons. The first kappa shape index (κ1) is 18.2. The summed E-state index contributed by atoms with van der Waals surface area (Å²) in [7, 11) is 1.79. The summed E-state index contributed by atoms with van der Waals surface area (Å²) in [5, 5.41) is 3.36. The second-order valence-corrected chi connectivity index (χ2v) is 7.64. The number of amides is 1. The first-order valence-corrected chi connectivity index (χ1v) is 9.65. The summed E-state index contributed by atoms with van der Waals surface area (Å²) in [6.07, 6.45) is 6.20. The summed E-state index contributed by atoms with van der Waals surface area (Å²) < 4.78 is 5.52. The zero-order valence-electron chi connectivity index (χ0n) is 16.3. The van der Waals surface area contributed by atoms with E-state index in [4.69, 9.17) is 4.74 Å². The number of carbonyl (C=O) groups is 1. The lowest BCUT2D eigenvalue weighted by molar-refractivity contribution is -0.116. The van der Waals surface area contributed by atoms with Gasteiger partial charge in [0.15, 0.2) is 0 Å². The van der Waals surface area contributed by atoms with Gasteiger partial charge in [0.25, 0.3) is 5.91 Å². The number of carbonyl (C=O) groups excluding carboxylic acids is 1. The van der Waals surface area contributed by atoms with E-state index in [1.807, 2.05) is 0 Å². The number of aryl methyl sites for hydroxylation is 3. The van der Waals surface area contributed by atoms with Crippen LogP contribution in [0.2, 0.25) is 0 Å². The van der Waals surface area contributed by atoms with Crippen molar-refractivity contribution in [1.29, 1.82) is 0 Å². The second-order valence-electron chi connectivity index (χ2n) is 7.64. The average Bonchev–Trinajstić information content (AvgIpc) is 2.85. The van der Waals surface area contributed by atoms with E-state index in [9.17, 15) is 4.79 Å². The highest BCUT2D eigenvalue weighted by atomic mass is 16.5. The van der Waals surface area contributed by atoms with Crippen LogP contribution in [0.15, 0.2) is 17.7 Å². The standard InChI is InChI=1S/C22H31NO2/c1-6-16-12-14(3)13-17(7-2)20(16)19-15(4)22(23-21(19)24)10-8-18(25-5)9-11-22/h12-13,18H,6-11H2,1-5H3,(H,23,24). The molecular formula is C22H31NO2. The molecule has 0 saturated heterocycles. The third-order valence-electron chi connectivity index (χ3n) is 6.25. The molecule has 1 fully saturated rings. The van der Waals surface area contributed by atoms with Crippen molar-refractivity contribution < 1.29 is 9.53 Å². The Kier molecular flexibility index (Phi) is 5.06. The molecule has 136 valence electrons. The van der Waals surface area contributed by atoms with E-state index in [0.29, 0.717) is 6.10 Å². The second kappa shape index (κ2) is 6.95. The quantitative estimate of drug-likeness (QED) is 0.884. The van der Waals surface area contributed by atoms with Gasteiger partial charge in [-0.2, -0.15) is 0 Å². The minimum atomic E-state index is -0.164. The largest absolute Gasteiger partial charge is 0.381 e. The Morgan fingerprint density at radius 2 is 1.68 bits per heavy atom. The zero-order chi connectivity index (χ0) is 18.2. The predicted molar refractivity (Wildman–Crippen MR) is 103 cm³/mol. The normalized spacial score (nSPS) is 26.4. The summed E-state index contributed by atoms with van der Waals surface area (Å²) in [6.45, 7) is 8.67. The number of hydrogen-bond donors (Lipinski definition) is 1. The SMILES string of the molecule is CCc1cc(C)cc(CC)c1C1=C(C)C2(CCC(OC)CC2)NC1=O. The molecule has 3 heteroatoms. The molecule has 1 amide bonds. The maximum Gasteiger partial charge on any atom is 0.252 e. The van der Waals surface area contributed by atoms with Crippen molar-refractivity contribution in [2.45, 2.75) is 77.9 Å². The molecular weight excluding hydrogens is 310 g/mol. The Morgan fingerprint density at radius 3 is 2.16 bits per heavy atom. The predicted octanol–water partition coefficient (Wildman–Crippen LogP) is 4.35. The molecule has 1 aliphatic carbocycles. The average molecular weight is 341 g/mol. The van der Waals surface area contributed by atoms with Gasteiger partial charge in [-0.25, -0.2) is 0 Å². The number of benzene rings is 1. The fourth-order valence-corrected chi connectivity index (χ4v) is 4.72. The van der Waals surface area contributed by atoms with Crippen LogP contribution in [0.5, 0.6) is 0 Å². The van der Waals surface area contributed by atoms with Crippen molar-refractivity contribution in [3.8, 4) is 0 Å². The Bertz CT molecular complexity index is 684. The highest BCUT2D eigenvalue weighted by Gasteiger charge is 2.45. The van der Waals surface area contributed by atoms with Crippen LogP contribution in [-0.2, 0) is 22.4 Å². The van der Waals surface area contributed by atoms with E-state index in [0.717, 1.165) is 44.1 Å². The van der Waals surface area contributed by atoms with Crippen LogP contribution in [0.3, 0.4) is 0 Å². The van der Waals surface area contributed by atoms with Gasteiger partial charge in [-0.05, 0) is 74.6 Å². The van der Waals surface area contributed by atoms with Gasteiger partial charge < -0.3 is 10.1 Å². The van der Waals surface area contributed by atoms with Crippen LogP contribution in [0.4, 0.5) is 0 Å². The Hall–Kier alpha value is -1.61. The Morgan fingerprint density at radius 1 is 1.12 bits per heavy atom. The molecule has 0 atom stereocenters. The lowest BCUT2D eigenvalue weighted by Gasteiger charge is -2.38. The van der Waals surface area contributed by atoms with Crippen molar-refractivity contribution in [1.82, 2.24) is 5.32 Å². The smallest absolute Gasteiger partial charge is 0.252 e. The van der Waals surface area contributed by atoms with Gasteiger partial charge in [0.1, 0.15) is 0 Å². The van der Waals surface area contributed by atoms with Crippen LogP contribution < -0.4 is 5.32 Å². The molecule has 1 N–H and O–H groups in total. The molecule has 25 heavy (non-hydrogen) atoms. The molecule has 3 nitrogen and oxygen atoms in total. The number of rotatable bonds is 4. The van der Waals surface area contributed by atoms with Crippen LogP contribution in [-0.4, -0.2) is 24.7 Å². The number of ether oxygens (including phenoxy) is 1. The Balaban J connectivity index is 2.09. The van der Waals surface area contributed by atoms with E-state index in [-0.39, 0.29) is 11.4 Å². The summed E-state index contributed by atoms with van der Waals surface area (Å²) in [5.41, 5.74) is 7.07. The van der Waals surface area contributed by atoms with Gasteiger partial charge in [-0.15, -0.1) is 0 Å².